The van der Waals surface area contributed by atoms with Gasteiger partial charge in [-0.2, -0.15) is 0 Å². The third-order valence-electron chi connectivity index (χ3n) is 5.02. The van der Waals surface area contributed by atoms with Crippen molar-refractivity contribution in [2.24, 2.45) is 0 Å². The molecular weight excluding hydrogens is 452 g/mol. The normalized spacial score (nSPS) is 11.9. The first-order chi connectivity index (χ1) is 16.0. The van der Waals surface area contributed by atoms with Crippen molar-refractivity contribution in [1.82, 2.24) is 0 Å². The average molecular weight is 477 g/mol. The van der Waals surface area contributed by atoms with Crippen LogP contribution in [0.2, 0.25) is 0 Å². The third kappa shape index (κ3) is 5.63. The summed E-state index contributed by atoms with van der Waals surface area (Å²) in [6, 6.07) is 26.4. The molecule has 0 fully saturated rings. The average Bonchev–Trinajstić information content (AvgIpc) is 2.84. The summed E-state index contributed by atoms with van der Waals surface area (Å²) in [6.07, 6.45) is 0. The van der Waals surface area contributed by atoms with E-state index in [-0.39, 0.29) is 5.04 Å². The monoisotopic (exact) mass is 476 g/mol. The Morgan fingerprint density at radius 2 is 1.73 bits per heavy atom. The molecule has 0 spiro atoms. The maximum absolute atomic E-state index is 13.2. The number of fused-ring (bicyclic) bond motifs is 1. The van der Waals surface area contributed by atoms with E-state index >= 15 is 0 Å². The van der Waals surface area contributed by atoms with E-state index in [0.29, 0.717) is 35.1 Å². The Labute approximate surface area is 200 Å². The molecule has 4 rings (SSSR count). The van der Waals surface area contributed by atoms with E-state index in [9.17, 15) is 4.21 Å². The molecule has 1 atom stereocenters. The molecule has 168 valence electrons. The number of nitrogens with two attached hydrogens (primary N) is 1. The topological polar surface area (TPSA) is 85.4 Å². The van der Waals surface area contributed by atoms with Crippen molar-refractivity contribution < 1.29 is 13.1 Å². The molecule has 3 N–H and O–H groups in total. The second kappa shape index (κ2) is 10.7. The van der Waals surface area contributed by atoms with Crippen LogP contribution in [0.5, 0.6) is 5.75 Å². The zero-order valence-electron chi connectivity index (χ0n) is 18.1. The van der Waals surface area contributed by atoms with E-state index in [4.69, 9.17) is 20.1 Å². The van der Waals surface area contributed by atoms with Crippen molar-refractivity contribution in [2.45, 2.75) is 16.7 Å². The van der Waals surface area contributed by atoms with E-state index in [1.54, 1.807) is 24.3 Å². The fourth-order valence-electron chi connectivity index (χ4n) is 3.29. The fraction of sp³-hybridized carbons (Fsp3) is 0.115. The van der Waals surface area contributed by atoms with Gasteiger partial charge < -0.3 is 14.7 Å². The number of ether oxygens (including phenoxy) is 1. The molecule has 5 nitrogen and oxygen atoms in total. The van der Waals surface area contributed by atoms with Gasteiger partial charge >= 0.3 is 0 Å². The minimum absolute atomic E-state index is 0.0551. The van der Waals surface area contributed by atoms with Crippen LogP contribution in [-0.2, 0) is 15.0 Å². The smallest absolute Gasteiger partial charge is 0.133 e. The Bertz CT molecular complexity index is 1300. The van der Waals surface area contributed by atoms with Gasteiger partial charge in [-0.05, 0) is 54.1 Å². The molecule has 0 aliphatic carbocycles. The first-order valence-corrected chi connectivity index (χ1v) is 12.3. The molecular formula is C26H24N2O3S2. The number of benzene rings is 4. The van der Waals surface area contributed by atoms with Gasteiger partial charge in [-0.1, -0.05) is 54.1 Å². The zero-order valence-corrected chi connectivity index (χ0v) is 19.7. The standard InChI is InChI=1S/C26H24N2O3S2/c1-18-9-12-21(13-10-18)32-31-16-15-30-20-11-14-24(27)23(17-20)26(28)33(29)25-8-4-6-19-5-2-3-7-22(19)25/h2-14,17,28H,15-16,27H2,1H3. The molecule has 0 aliphatic heterocycles. The number of nitrogen functional groups attached to an aromatic ring is 1. The number of nitrogens with one attached hydrogen (secondary N) is 1. The summed E-state index contributed by atoms with van der Waals surface area (Å²) in [5.41, 5.74) is 8.09. The van der Waals surface area contributed by atoms with E-state index in [1.807, 2.05) is 67.6 Å². The van der Waals surface area contributed by atoms with Gasteiger partial charge in [0.05, 0.1) is 11.5 Å². The Balaban J connectivity index is 1.40. The van der Waals surface area contributed by atoms with Gasteiger partial charge in [0.2, 0.25) is 0 Å². The molecule has 4 aromatic carbocycles. The van der Waals surface area contributed by atoms with Crippen LogP contribution in [0, 0.1) is 12.3 Å². The predicted octanol–water partition coefficient (Wildman–Crippen LogP) is 5.97. The summed E-state index contributed by atoms with van der Waals surface area (Å²) in [4.78, 5) is 1.62. The maximum atomic E-state index is 13.2. The quantitative estimate of drug-likeness (QED) is 0.108. The van der Waals surface area contributed by atoms with Crippen molar-refractivity contribution >= 4 is 44.3 Å². The molecule has 0 saturated heterocycles. The first-order valence-electron chi connectivity index (χ1n) is 10.4. The van der Waals surface area contributed by atoms with Gasteiger partial charge in [0.25, 0.3) is 0 Å². The van der Waals surface area contributed by atoms with Crippen LogP contribution in [0.3, 0.4) is 0 Å². The summed E-state index contributed by atoms with van der Waals surface area (Å²) in [5, 5.41) is 10.4. The number of hydrogen-bond donors (Lipinski definition) is 2. The minimum atomic E-state index is -1.68. The van der Waals surface area contributed by atoms with Crippen molar-refractivity contribution in [3.05, 3.63) is 96.1 Å². The Morgan fingerprint density at radius 1 is 0.970 bits per heavy atom. The number of hydrogen-bond acceptors (Lipinski definition) is 6. The summed E-state index contributed by atoms with van der Waals surface area (Å²) >= 11 is 1.30. The van der Waals surface area contributed by atoms with Crippen LogP contribution >= 0.6 is 12.0 Å². The van der Waals surface area contributed by atoms with Crippen LogP contribution < -0.4 is 10.5 Å². The lowest BCUT2D eigenvalue weighted by Crippen LogP contribution is -2.12. The zero-order chi connectivity index (χ0) is 23.2. The van der Waals surface area contributed by atoms with Crippen molar-refractivity contribution in [2.75, 3.05) is 18.9 Å². The second-order valence-electron chi connectivity index (χ2n) is 7.39. The molecule has 0 aromatic heterocycles. The van der Waals surface area contributed by atoms with E-state index in [0.717, 1.165) is 15.7 Å². The third-order valence-corrected chi connectivity index (χ3v) is 7.11. The van der Waals surface area contributed by atoms with E-state index in [2.05, 4.69) is 0 Å². The number of rotatable bonds is 8. The molecule has 33 heavy (non-hydrogen) atoms. The summed E-state index contributed by atoms with van der Waals surface area (Å²) in [5.74, 6) is 0.544. The van der Waals surface area contributed by atoms with Crippen LogP contribution in [-0.4, -0.2) is 22.5 Å². The summed E-state index contributed by atoms with van der Waals surface area (Å²) < 4.78 is 24.6. The molecule has 0 amide bonds. The van der Waals surface area contributed by atoms with Crippen molar-refractivity contribution in [1.29, 1.82) is 5.41 Å². The molecule has 7 heteroatoms. The summed E-state index contributed by atoms with van der Waals surface area (Å²) in [6.45, 7) is 2.76. The minimum Gasteiger partial charge on any atom is -0.491 e. The van der Waals surface area contributed by atoms with Crippen LogP contribution in [0.15, 0.2) is 94.7 Å². The van der Waals surface area contributed by atoms with Gasteiger partial charge in [0, 0.05) is 28.2 Å². The lowest BCUT2D eigenvalue weighted by Gasteiger charge is -2.12. The van der Waals surface area contributed by atoms with Crippen LogP contribution in [0.1, 0.15) is 11.1 Å². The lowest BCUT2D eigenvalue weighted by atomic mass is 10.1. The van der Waals surface area contributed by atoms with Crippen LogP contribution in [0.4, 0.5) is 5.69 Å². The van der Waals surface area contributed by atoms with Gasteiger partial charge in [0.15, 0.2) is 0 Å². The largest absolute Gasteiger partial charge is 0.491 e. The van der Waals surface area contributed by atoms with E-state index in [1.165, 1.54) is 17.6 Å². The molecule has 1 unspecified atom stereocenters. The molecule has 4 aromatic rings. The van der Waals surface area contributed by atoms with E-state index < -0.39 is 10.8 Å². The second-order valence-corrected chi connectivity index (χ2v) is 9.65. The Hall–Kier alpha value is -3.13. The van der Waals surface area contributed by atoms with Gasteiger partial charge in [0.1, 0.15) is 28.2 Å². The maximum Gasteiger partial charge on any atom is 0.133 e. The highest BCUT2D eigenvalue weighted by Gasteiger charge is 2.18. The molecule has 0 heterocycles. The SMILES string of the molecule is Cc1ccc(SOCCOc2ccc(N)c(C(=N)S(=O)c3cccc4ccccc34)c2)cc1. The molecule has 0 bridgehead atoms. The highest BCUT2D eigenvalue weighted by Crippen LogP contribution is 2.27. The van der Waals surface area contributed by atoms with Crippen molar-refractivity contribution in [3.63, 3.8) is 0 Å². The number of aryl methyl sites for hydroxylation is 1. The van der Waals surface area contributed by atoms with Crippen molar-refractivity contribution in [3.8, 4) is 5.75 Å². The highest BCUT2D eigenvalue weighted by atomic mass is 32.2. The number of anilines is 1. The fourth-order valence-corrected chi connectivity index (χ4v) is 5.00. The van der Waals surface area contributed by atoms with Crippen LogP contribution in [0.25, 0.3) is 10.8 Å². The first kappa shape index (κ1) is 23.0. The lowest BCUT2D eigenvalue weighted by molar-refractivity contribution is 0.239. The van der Waals surface area contributed by atoms with Gasteiger partial charge in [-0.3, -0.25) is 5.41 Å². The Morgan fingerprint density at radius 3 is 2.55 bits per heavy atom. The molecule has 0 radical (unpaired) electrons. The highest BCUT2D eigenvalue weighted by molar-refractivity contribution is 8.01. The summed E-state index contributed by atoms with van der Waals surface area (Å²) in [7, 11) is -1.68. The van der Waals surface area contributed by atoms with Gasteiger partial charge in [-0.15, -0.1) is 0 Å². The Kier molecular flexibility index (Phi) is 7.44. The predicted molar refractivity (Wildman–Crippen MR) is 137 cm³/mol. The molecule has 0 saturated carbocycles. The van der Waals surface area contributed by atoms with Gasteiger partial charge in [-0.25, -0.2) is 4.21 Å². The molecule has 0 aliphatic rings.